The van der Waals surface area contributed by atoms with Crippen LogP contribution in [0.1, 0.15) is 0 Å². The standard InChI is InChI=1S/C10H7ClN4O2S2/c11-6-1-2-7-8(3-6)18-10(14-7)15-19(16,17)9-4-12-5-13-9/h1-5H,(H,12,13)(H,14,15). The van der Waals surface area contributed by atoms with Crippen molar-refractivity contribution in [3.05, 3.63) is 35.7 Å². The van der Waals surface area contributed by atoms with Gasteiger partial charge in [0.15, 0.2) is 10.2 Å². The maximum absolute atomic E-state index is 12.0. The first-order valence-corrected chi connectivity index (χ1v) is 7.80. The molecular formula is C10H7ClN4O2S2. The number of nitrogens with one attached hydrogen (secondary N) is 2. The van der Waals surface area contributed by atoms with Crippen LogP contribution in [-0.4, -0.2) is 23.4 Å². The molecule has 98 valence electrons. The Bertz CT molecular complexity index is 826. The van der Waals surface area contributed by atoms with Gasteiger partial charge in [-0.25, -0.2) is 9.97 Å². The summed E-state index contributed by atoms with van der Waals surface area (Å²) in [5.74, 6) is 0. The molecule has 0 aliphatic heterocycles. The highest BCUT2D eigenvalue weighted by atomic mass is 35.5. The zero-order valence-electron chi connectivity index (χ0n) is 9.29. The molecule has 0 saturated heterocycles. The molecule has 19 heavy (non-hydrogen) atoms. The second kappa shape index (κ2) is 4.48. The number of thiazole rings is 1. The Kier molecular flexibility index (Phi) is 2.92. The average Bonchev–Trinajstić information content (AvgIpc) is 2.95. The summed E-state index contributed by atoms with van der Waals surface area (Å²) in [6.07, 6.45) is 2.53. The molecule has 0 radical (unpaired) electrons. The van der Waals surface area contributed by atoms with E-state index in [2.05, 4.69) is 19.7 Å². The van der Waals surface area contributed by atoms with Crippen LogP contribution in [0, 0.1) is 0 Å². The summed E-state index contributed by atoms with van der Waals surface area (Å²) in [5, 5.41) is 0.857. The highest BCUT2D eigenvalue weighted by Crippen LogP contribution is 2.29. The number of rotatable bonds is 3. The molecule has 2 N–H and O–H groups in total. The smallest absolute Gasteiger partial charge is 0.280 e. The Morgan fingerprint density at radius 3 is 2.95 bits per heavy atom. The van der Waals surface area contributed by atoms with Crippen LogP contribution in [0.2, 0.25) is 5.02 Å². The summed E-state index contributed by atoms with van der Waals surface area (Å²) in [4.78, 5) is 10.4. The number of benzene rings is 1. The highest BCUT2D eigenvalue weighted by molar-refractivity contribution is 7.92. The maximum atomic E-state index is 12.0. The molecule has 0 bridgehead atoms. The van der Waals surface area contributed by atoms with E-state index in [0.717, 1.165) is 4.70 Å². The Labute approximate surface area is 117 Å². The molecule has 3 rings (SSSR count). The number of imidazole rings is 1. The molecule has 0 unspecified atom stereocenters. The van der Waals surface area contributed by atoms with Crippen LogP contribution in [0.5, 0.6) is 0 Å². The molecule has 6 nitrogen and oxygen atoms in total. The number of nitrogens with zero attached hydrogens (tertiary/aromatic N) is 2. The third-order valence-electron chi connectivity index (χ3n) is 2.33. The number of aromatic nitrogens is 3. The van der Waals surface area contributed by atoms with Crippen LogP contribution in [0.15, 0.2) is 35.7 Å². The van der Waals surface area contributed by atoms with Crippen LogP contribution in [0.3, 0.4) is 0 Å². The lowest BCUT2D eigenvalue weighted by atomic mass is 10.3. The molecule has 0 saturated carbocycles. The number of anilines is 1. The largest absolute Gasteiger partial charge is 0.334 e. The van der Waals surface area contributed by atoms with E-state index in [9.17, 15) is 8.42 Å². The van der Waals surface area contributed by atoms with Crippen LogP contribution in [0.25, 0.3) is 10.2 Å². The first kappa shape index (κ1) is 12.4. The van der Waals surface area contributed by atoms with Crippen molar-refractivity contribution < 1.29 is 8.42 Å². The van der Waals surface area contributed by atoms with Crippen molar-refractivity contribution in [3.8, 4) is 0 Å². The molecule has 9 heteroatoms. The van der Waals surface area contributed by atoms with Gasteiger partial charge in [0.05, 0.1) is 22.7 Å². The number of aromatic amines is 1. The van der Waals surface area contributed by atoms with Gasteiger partial charge < -0.3 is 4.98 Å². The molecule has 0 amide bonds. The monoisotopic (exact) mass is 314 g/mol. The molecule has 2 aromatic heterocycles. The van der Waals surface area contributed by atoms with Gasteiger partial charge in [-0.1, -0.05) is 22.9 Å². The van der Waals surface area contributed by atoms with Crippen LogP contribution < -0.4 is 4.72 Å². The lowest BCUT2D eigenvalue weighted by molar-refractivity contribution is 0.598. The average molecular weight is 315 g/mol. The van der Waals surface area contributed by atoms with Crippen molar-refractivity contribution >= 4 is 48.3 Å². The summed E-state index contributed by atoms with van der Waals surface area (Å²) >= 11 is 7.08. The first-order chi connectivity index (χ1) is 9.04. The Hall–Kier alpha value is -1.64. The van der Waals surface area contributed by atoms with Gasteiger partial charge in [-0.2, -0.15) is 8.42 Å². The summed E-state index contributed by atoms with van der Waals surface area (Å²) in [5.41, 5.74) is 0.691. The molecule has 1 aromatic carbocycles. The minimum atomic E-state index is -3.68. The van der Waals surface area contributed by atoms with Gasteiger partial charge in [-0.05, 0) is 18.2 Å². The van der Waals surface area contributed by atoms with E-state index in [1.54, 1.807) is 18.2 Å². The minimum absolute atomic E-state index is 0.00946. The number of hydrogen-bond donors (Lipinski definition) is 2. The zero-order valence-corrected chi connectivity index (χ0v) is 11.7. The number of sulfonamides is 1. The SMILES string of the molecule is O=S(=O)(Nc1nc2ccc(Cl)cc2s1)c1cnc[nH]1. The summed E-state index contributed by atoms with van der Waals surface area (Å²) in [7, 11) is -3.68. The fourth-order valence-corrected chi connectivity index (χ4v) is 3.78. The Balaban J connectivity index is 1.98. The van der Waals surface area contributed by atoms with Crippen molar-refractivity contribution in [2.45, 2.75) is 5.03 Å². The van der Waals surface area contributed by atoms with E-state index < -0.39 is 10.0 Å². The molecule has 0 atom stereocenters. The minimum Gasteiger partial charge on any atom is -0.334 e. The van der Waals surface area contributed by atoms with Gasteiger partial charge in [-0.15, -0.1) is 0 Å². The van der Waals surface area contributed by atoms with Crippen LogP contribution in [0.4, 0.5) is 5.13 Å². The number of H-pyrrole nitrogens is 1. The quantitative estimate of drug-likeness (QED) is 0.777. The van der Waals surface area contributed by atoms with Crippen molar-refractivity contribution in [2.24, 2.45) is 0 Å². The van der Waals surface area contributed by atoms with E-state index in [1.165, 1.54) is 23.9 Å². The van der Waals surface area contributed by atoms with Gasteiger partial charge in [0.1, 0.15) is 0 Å². The van der Waals surface area contributed by atoms with E-state index in [-0.39, 0.29) is 10.2 Å². The normalized spacial score (nSPS) is 11.8. The summed E-state index contributed by atoms with van der Waals surface area (Å²) < 4.78 is 27.1. The van der Waals surface area contributed by atoms with Crippen molar-refractivity contribution in [2.75, 3.05) is 4.72 Å². The number of fused-ring (bicyclic) bond motifs is 1. The predicted octanol–water partition coefficient (Wildman–Crippen LogP) is 2.47. The molecule has 3 aromatic rings. The Morgan fingerprint density at radius 2 is 2.21 bits per heavy atom. The third-order valence-corrected chi connectivity index (χ3v) is 4.90. The second-order valence-corrected chi connectivity index (χ2v) is 6.77. The van der Waals surface area contributed by atoms with Crippen LogP contribution >= 0.6 is 22.9 Å². The zero-order chi connectivity index (χ0) is 13.5. The molecular weight excluding hydrogens is 308 g/mol. The maximum Gasteiger partial charge on any atom is 0.280 e. The van der Waals surface area contributed by atoms with Crippen LogP contribution in [-0.2, 0) is 10.0 Å². The lowest BCUT2D eigenvalue weighted by Gasteiger charge is -2.00. The second-order valence-electron chi connectivity index (χ2n) is 3.65. The Morgan fingerprint density at radius 1 is 1.37 bits per heavy atom. The van der Waals surface area contributed by atoms with Crippen molar-refractivity contribution in [1.82, 2.24) is 15.0 Å². The topological polar surface area (TPSA) is 87.7 Å². The van der Waals surface area contributed by atoms with Crippen molar-refractivity contribution in [1.29, 1.82) is 0 Å². The van der Waals surface area contributed by atoms with E-state index in [1.807, 2.05) is 0 Å². The third kappa shape index (κ3) is 2.42. The molecule has 0 fully saturated rings. The van der Waals surface area contributed by atoms with Gasteiger partial charge in [0, 0.05) is 5.02 Å². The fraction of sp³-hybridized carbons (Fsp3) is 0. The molecule has 0 spiro atoms. The van der Waals surface area contributed by atoms with E-state index >= 15 is 0 Å². The van der Waals surface area contributed by atoms with Gasteiger partial charge in [0.2, 0.25) is 0 Å². The molecule has 2 heterocycles. The summed E-state index contributed by atoms with van der Waals surface area (Å²) in [6, 6.07) is 5.18. The molecule has 0 aliphatic rings. The van der Waals surface area contributed by atoms with Gasteiger partial charge in [-0.3, -0.25) is 4.72 Å². The first-order valence-electron chi connectivity index (χ1n) is 5.12. The van der Waals surface area contributed by atoms with E-state index in [4.69, 9.17) is 11.6 Å². The number of halogens is 1. The lowest BCUT2D eigenvalue weighted by Crippen LogP contribution is -2.12. The number of hydrogen-bond acceptors (Lipinski definition) is 5. The fourth-order valence-electron chi connectivity index (χ4n) is 1.50. The predicted molar refractivity (Wildman–Crippen MR) is 74.0 cm³/mol. The van der Waals surface area contributed by atoms with Gasteiger partial charge >= 0.3 is 0 Å². The molecule has 0 aliphatic carbocycles. The highest BCUT2D eigenvalue weighted by Gasteiger charge is 2.17. The van der Waals surface area contributed by atoms with Crippen molar-refractivity contribution in [3.63, 3.8) is 0 Å². The summed E-state index contributed by atoms with van der Waals surface area (Å²) in [6.45, 7) is 0. The van der Waals surface area contributed by atoms with Gasteiger partial charge in [0.25, 0.3) is 10.0 Å². The van der Waals surface area contributed by atoms with E-state index in [0.29, 0.717) is 10.5 Å².